The molecule has 0 aliphatic rings. The Morgan fingerprint density at radius 2 is 2.00 bits per heavy atom. The molecular weight excluding hydrogens is 433 g/mol. The van der Waals surface area contributed by atoms with E-state index in [1.165, 1.54) is 24.5 Å². The Balaban J connectivity index is 1.95. The first-order valence-corrected chi connectivity index (χ1v) is 10.3. The van der Waals surface area contributed by atoms with Crippen molar-refractivity contribution in [3.05, 3.63) is 65.2 Å². The molecule has 2 aromatic carbocycles. The normalized spacial score (nSPS) is 12.0. The van der Waals surface area contributed by atoms with E-state index in [1.54, 1.807) is 38.1 Å². The highest BCUT2D eigenvalue weighted by molar-refractivity contribution is 6.31. The molecule has 3 rings (SSSR count). The maximum atomic E-state index is 14.0. The van der Waals surface area contributed by atoms with Gasteiger partial charge in [-0.3, -0.25) is 4.79 Å². The second-order valence-corrected chi connectivity index (χ2v) is 8.51. The van der Waals surface area contributed by atoms with Crippen LogP contribution in [-0.4, -0.2) is 46.5 Å². The lowest BCUT2D eigenvalue weighted by atomic mass is 9.96. The molecule has 0 saturated carbocycles. The minimum absolute atomic E-state index is 0.0867. The number of carbonyl (C=O) groups excluding carboxylic acids is 1. The molecule has 3 N–H and O–H groups in total. The van der Waals surface area contributed by atoms with Gasteiger partial charge in [-0.15, -0.1) is 0 Å². The molecule has 1 amide bonds. The number of nitrogens with zero attached hydrogens (tertiary/aromatic N) is 3. The molecule has 0 atom stereocenters. The van der Waals surface area contributed by atoms with Crippen LogP contribution >= 0.6 is 11.6 Å². The standard InChI is InChI=1S/C23H25ClFN5O2/c1-23(2,32)16-11-18(25)17(24)12-20(16)29-22-15-10-14(7-8-19(15)26-13-27-22)28-21(31)6-5-9-30(3)4/h5-8,10-13,32H,9H2,1-4H3,(H,28,31)(H,26,27,29)/b6-5+. The number of amides is 1. The van der Waals surface area contributed by atoms with Crippen LogP contribution in [0.1, 0.15) is 19.4 Å². The van der Waals surface area contributed by atoms with Crippen LogP contribution in [0.25, 0.3) is 10.9 Å². The van der Waals surface area contributed by atoms with Gasteiger partial charge in [-0.2, -0.15) is 0 Å². The van der Waals surface area contributed by atoms with Gasteiger partial charge in [0.05, 0.1) is 16.1 Å². The molecule has 9 heteroatoms. The summed E-state index contributed by atoms with van der Waals surface area (Å²) < 4.78 is 14.0. The molecule has 1 heterocycles. The summed E-state index contributed by atoms with van der Waals surface area (Å²) in [5.41, 5.74) is 0.609. The van der Waals surface area contributed by atoms with Crippen molar-refractivity contribution in [1.82, 2.24) is 14.9 Å². The van der Waals surface area contributed by atoms with E-state index in [2.05, 4.69) is 20.6 Å². The highest BCUT2D eigenvalue weighted by atomic mass is 35.5. The minimum Gasteiger partial charge on any atom is -0.386 e. The number of anilines is 3. The van der Waals surface area contributed by atoms with Gasteiger partial charge < -0.3 is 20.6 Å². The summed E-state index contributed by atoms with van der Waals surface area (Å²) in [7, 11) is 3.83. The largest absolute Gasteiger partial charge is 0.386 e. The predicted molar refractivity (Wildman–Crippen MR) is 126 cm³/mol. The average Bonchev–Trinajstić information content (AvgIpc) is 2.70. The van der Waals surface area contributed by atoms with Gasteiger partial charge >= 0.3 is 0 Å². The van der Waals surface area contributed by atoms with Crippen molar-refractivity contribution in [2.24, 2.45) is 0 Å². The van der Waals surface area contributed by atoms with Crippen LogP contribution in [-0.2, 0) is 10.4 Å². The number of rotatable bonds is 7. The number of aromatic nitrogens is 2. The lowest BCUT2D eigenvalue weighted by Crippen LogP contribution is -2.18. The van der Waals surface area contributed by atoms with Crippen LogP contribution in [0.5, 0.6) is 0 Å². The number of halogens is 2. The second kappa shape index (κ2) is 9.60. The molecule has 1 aromatic heterocycles. The lowest BCUT2D eigenvalue weighted by Gasteiger charge is -2.23. The molecular formula is C23H25ClFN5O2. The first kappa shape index (κ1) is 23.6. The Bertz CT molecular complexity index is 1170. The van der Waals surface area contributed by atoms with Crippen LogP contribution in [0.4, 0.5) is 21.6 Å². The molecule has 3 aromatic rings. The summed E-state index contributed by atoms with van der Waals surface area (Å²) in [5.74, 6) is -0.469. The minimum atomic E-state index is -1.32. The summed E-state index contributed by atoms with van der Waals surface area (Å²) in [6, 6.07) is 7.84. The predicted octanol–water partition coefficient (Wildman–Crippen LogP) is 4.45. The number of nitrogens with one attached hydrogen (secondary N) is 2. The van der Waals surface area contributed by atoms with E-state index in [0.717, 1.165) is 0 Å². The van der Waals surface area contributed by atoms with Gasteiger partial charge in [0.2, 0.25) is 5.91 Å². The van der Waals surface area contributed by atoms with Crippen molar-refractivity contribution >= 4 is 45.6 Å². The summed E-state index contributed by atoms with van der Waals surface area (Å²) in [4.78, 5) is 22.7. The molecule has 0 bridgehead atoms. The van der Waals surface area contributed by atoms with Crippen LogP contribution in [0, 0.1) is 5.82 Å². The van der Waals surface area contributed by atoms with Gasteiger partial charge in [0.25, 0.3) is 0 Å². The number of hydrogen-bond acceptors (Lipinski definition) is 6. The molecule has 7 nitrogen and oxygen atoms in total. The Labute approximate surface area is 190 Å². The Kier molecular flexibility index (Phi) is 7.08. The third-order valence-corrected chi connectivity index (χ3v) is 4.90. The maximum Gasteiger partial charge on any atom is 0.248 e. The molecule has 0 aliphatic carbocycles. The second-order valence-electron chi connectivity index (χ2n) is 8.10. The highest BCUT2D eigenvalue weighted by Gasteiger charge is 2.23. The Morgan fingerprint density at radius 3 is 2.69 bits per heavy atom. The van der Waals surface area contributed by atoms with Crippen LogP contribution in [0.2, 0.25) is 5.02 Å². The summed E-state index contributed by atoms with van der Waals surface area (Å²) in [6.07, 6.45) is 4.63. The van der Waals surface area contributed by atoms with E-state index in [-0.39, 0.29) is 10.9 Å². The van der Waals surface area contributed by atoms with Gasteiger partial charge in [0.1, 0.15) is 18.0 Å². The lowest BCUT2D eigenvalue weighted by molar-refractivity contribution is -0.111. The topological polar surface area (TPSA) is 90.4 Å². The van der Waals surface area contributed by atoms with Crippen LogP contribution < -0.4 is 10.6 Å². The zero-order valence-corrected chi connectivity index (χ0v) is 19.0. The molecule has 0 aliphatic heterocycles. The number of carbonyl (C=O) groups is 1. The van der Waals surface area contributed by atoms with Gasteiger partial charge in [-0.1, -0.05) is 17.7 Å². The number of likely N-dealkylation sites (N-methyl/N-ethyl adjacent to an activating group) is 1. The third kappa shape index (κ3) is 5.79. The van der Waals surface area contributed by atoms with Crippen molar-refractivity contribution in [2.45, 2.75) is 19.4 Å². The smallest absolute Gasteiger partial charge is 0.248 e. The number of hydrogen-bond donors (Lipinski definition) is 3. The zero-order valence-electron chi connectivity index (χ0n) is 18.3. The summed E-state index contributed by atoms with van der Waals surface area (Å²) in [6.45, 7) is 3.75. The molecule has 0 radical (unpaired) electrons. The van der Waals surface area contributed by atoms with Crippen molar-refractivity contribution in [3.63, 3.8) is 0 Å². The van der Waals surface area contributed by atoms with Gasteiger partial charge in [-0.05, 0) is 58.3 Å². The highest BCUT2D eigenvalue weighted by Crippen LogP contribution is 2.35. The molecule has 0 fully saturated rings. The molecule has 168 valence electrons. The molecule has 32 heavy (non-hydrogen) atoms. The number of aliphatic hydroxyl groups is 1. The fourth-order valence-electron chi connectivity index (χ4n) is 3.07. The first-order valence-electron chi connectivity index (χ1n) is 9.90. The Hall–Kier alpha value is -3.07. The van der Waals surface area contributed by atoms with E-state index in [4.69, 9.17) is 11.6 Å². The van der Waals surface area contributed by atoms with Gasteiger partial charge in [0.15, 0.2) is 0 Å². The van der Waals surface area contributed by atoms with Gasteiger partial charge in [-0.25, -0.2) is 14.4 Å². The molecule has 0 spiro atoms. The summed E-state index contributed by atoms with van der Waals surface area (Å²) in [5, 5.41) is 17.0. The third-order valence-electron chi connectivity index (χ3n) is 4.62. The van der Waals surface area contributed by atoms with Crippen molar-refractivity contribution in [2.75, 3.05) is 31.3 Å². The molecule has 0 unspecified atom stereocenters. The number of fused-ring (bicyclic) bond motifs is 1. The van der Waals surface area contributed by atoms with Crippen molar-refractivity contribution in [3.8, 4) is 0 Å². The van der Waals surface area contributed by atoms with Crippen LogP contribution in [0.15, 0.2) is 48.8 Å². The van der Waals surface area contributed by atoms with Crippen molar-refractivity contribution < 1.29 is 14.3 Å². The average molecular weight is 458 g/mol. The van der Waals surface area contributed by atoms with Gasteiger partial charge in [0, 0.05) is 34.9 Å². The van der Waals surface area contributed by atoms with E-state index >= 15 is 0 Å². The van der Waals surface area contributed by atoms with E-state index in [0.29, 0.717) is 40.2 Å². The Morgan fingerprint density at radius 1 is 1.25 bits per heavy atom. The fraction of sp³-hybridized carbons (Fsp3) is 0.261. The maximum absolute atomic E-state index is 14.0. The fourth-order valence-corrected chi connectivity index (χ4v) is 3.24. The van der Waals surface area contributed by atoms with Crippen molar-refractivity contribution in [1.29, 1.82) is 0 Å². The summed E-state index contributed by atoms with van der Waals surface area (Å²) >= 11 is 5.98. The quantitative estimate of drug-likeness (QED) is 0.454. The van der Waals surface area contributed by atoms with E-state index in [1.807, 2.05) is 19.0 Å². The molecule has 0 saturated heterocycles. The zero-order chi connectivity index (χ0) is 23.5. The van der Waals surface area contributed by atoms with E-state index in [9.17, 15) is 14.3 Å². The SMILES string of the molecule is CN(C)C/C=C/C(=O)Nc1ccc2ncnc(Nc3cc(Cl)c(F)cc3C(C)(C)O)c2c1. The number of benzene rings is 2. The monoisotopic (exact) mass is 457 g/mol. The van der Waals surface area contributed by atoms with Crippen LogP contribution in [0.3, 0.4) is 0 Å². The first-order chi connectivity index (χ1) is 15.0. The van der Waals surface area contributed by atoms with E-state index < -0.39 is 11.4 Å².